The van der Waals surface area contributed by atoms with Crippen molar-refractivity contribution in [2.75, 3.05) is 5.32 Å². The van der Waals surface area contributed by atoms with Gasteiger partial charge in [-0.25, -0.2) is 0 Å². The maximum atomic E-state index is 13.1. The molecule has 1 heterocycles. The summed E-state index contributed by atoms with van der Waals surface area (Å²) in [5, 5.41) is 12.6. The molecule has 0 radical (unpaired) electrons. The van der Waals surface area contributed by atoms with E-state index in [0.717, 1.165) is 20.9 Å². The molecule has 0 aliphatic heterocycles. The number of nitriles is 1. The zero-order valence-electron chi connectivity index (χ0n) is 14.5. The molecule has 130 valence electrons. The smallest absolute Gasteiger partial charge is 0.243 e. The lowest BCUT2D eigenvalue weighted by Crippen LogP contribution is -2.19. The van der Waals surface area contributed by atoms with Gasteiger partial charge in [0.15, 0.2) is 0 Å². The lowest BCUT2D eigenvalue weighted by Gasteiger charge is -2.16. The molecule has 0 saturated heterocycles. The Hall–Kier alpha value is -2.55. The van der Waals surface area contributed by atoms with Crippen molar-refractivity contribution in [1.29, 1.82) is 5.26 Å². The van der Waals surface area contributed by atoms with Crippen LogP contribution in [0.15, 0.2) is 65.6 Å². The van der Waals surface area contributed by atoms with Crippen LogP contribution in [-0.4, -0.2) is 5.91 Å². The topological polar surface area (TPSA) is 52.9 Å². The number of amides is 1. The second-order valence-corrected chi connectivity index (χ2v) is 8.21. The monoisotopic (exact) mass is 378 g/mol. The summed E-state index contributed by atoms with van der Waals surface area (Å²) in [6.45, 7) is 3.87. The average molecular weight is 379 g/mol. The molecule has 0 spiro atoms. The largest absolute Gasteiger partial charge is 0.315 e. The number of hydrogen-bond donors (Lipinski definition) is 1. The van der Waals surface area contributed by atoms with Crippen LogP contribution in [0.1, 0.15) is 26.8 Å². The molecule has 5 heteroatoms. The third-order valence-electron chi connectivity index (χ3n) is 4.07. The number of aryl methyl sites for hydroxylation is 1. The molecule has 3 nitrogen and oxygen atoms in total. The number of thioether (sulfide) groups is 1. The molecule has 1 atom stereocenters. The van der Waals surface area contributed by atoms with Crippen LogP contribution >= 0.6 is 23.1 Å². The molecule has 26 heavy (non-hydrogen) atoms. The van der Waals surface area contributed by atoms with Crippen molar-refractivity contribution in [1.82, 2.24) is 0 Å². The Kier molecular flexibility index (Phi) is 5.77. The van der Waals surface area contributed by atoms with Crippen molar-refractivity contribution in [3.63, 3.8) is 0 Å². The molecule has 3 rings (SSSR count). The molecule has 0 fully saturated rings. The third-order valence-corrected chi connectivity index (χ3v) is 6.46. The summed E-state index contributed by atoms with van der Waals surface area (Å²) in [4.78, 5) is 15.1. The zero-order chi connectivity index (χ0) is 18.5. The van der Waals surface area contributed by atoms with E-state index in [2.05, 4.69) is 11.4 Å². The van der Waals surface area contributed by atoms with Gasteiger partial charge in [0.2, 0.25) is 5.91 Å². The Labute approximate surface area is 161 Å². The SMILES string of the molecule is Cc1sc(NC(=O)C(Sc2ccccc2)c2ccccc2)c(C#N)c1C. The molecule has 2 aromatic carbocycles. The lowest BCUT2D eigenvalue weighted by molar-refractivity contribution is -0.115. The summed E-state index contributed by atoms with van der Waals surface area (Å²) in [5.74, 6) is -0.122. The Bertz CT molecular complexity index is 943. The van der Waals surface area contributed by atoms with Gasteiger partial charge in [0.1, 0.15) is 16.3 Å². The van der Waals surface area contributed by atoms with Crippen LogP contribution in [0.2, 0.25) is 0 Å². The standard InChI is InChI=1S/C21H18N2OS2/c1-14-15(2)25-21(18(14)13-22)23-20(24)19(16-9-5-3-6-10-16)26-17-11-7-4-8-12-17/h3-12,19H,1-2H3,(H,23,24). The first-order valence-electron chi connectivity index (χ1n) is 8.17. The summed E-state index contributed by atoms with van der Waals surface area (Å²) in [7, 11) is 0. The Balaban J connectivity index is 1.91. The van der Waals surface area contributed by atoms with Gasteiger partial charge in [-0.1, -0.05) is 48.5 Å². The number of hydrogen-bond acceptors (Lipinski definition) is 4. The first kappa shape index (κ1) is 18.2. The summed E-state index contributed by atoms with van der Waals surface area (Å²) < 4.78 is 0. The normalized spacial score (nSPS) is 11.6. The van der Waals surface area contributed by atoms with Crippen LogP contribution in [0.4, 0.5) is 5.00 Å². The van der Waals surface area contributed by atoms with E-state index >= 15 is 0 Å². The summed E-state index contributed by atoms with van der Waals surface area (Å²) in [5.41, 5.74) is 2.42. The van der Waals surface area contributed by atoms with Gasteiger partial charge in [0.25, 0.3) is 0 Å². The van der Waals surface area contributed by atoms with E-state index in [0.29, 0.717) is 10.6 Å². The van der Waals surface area contributed by atoms with Gasteiger partial charge in [0.05, 0.1) is 5.56 Å². The highest BCUT2D eigenvalue weighted by Gasteiger charge is 2.24. The fourth-order valence-corrected chi connectivity index (χ4v) is 4.62. The van der Waals surface area contributed by atoms with Crippen molar-refractivity contribution in [2.24, 2.45) is 0 Å². The summed E-state index contributed by atoms with van der Waals surface area (Å²) in [6.07, 6.45) is 0. The van der Waals surface area contributed by atoms with Crippen molar-refractivity contribution < 1.29 is 4.79 Å². The number of rotatable bonds is 5. The molecule has 1 N–H and O–H groups in total. The number of nitrogens with one attached hydrogen (secondary N) is 1. The molecule has 1 unspecified atom stereocenters. The second kappa shape index (κ2) is 8.22. The molecule has 0 bridgehead atoms. The van der Waals surface area contributed by atoms with E-state index in [1.807, 2.05) is 74.5 Å². The van der Waals surface area contributed by atoms with E-state index < -0.39 is 5.25 Å². The number of carbonyl (C=O) groups excluding carboxylic acids is 1. The highest BCUT2D eigenvalue weighted by atomic mass is 32.2. The highest BCUT2D eigenvalue weighted by Crippen LogP contribution is 2.38. The number of thiophene rings is 1. The first-order valence-corrected chi connectivity index (χ1v) is 9.87. The molecule has 0 aliphatic rings. The van der Waals surface area contributed by atoms with Crippen molar-refractivity contribution in [3.8, 4) is 6.07 Å². The highest BCUT2D eigenvalue weighted by molar-refractivity contribution is 8.00. The van der Waals surface area contributed by atoms with Gasteiger partial charge >= 0.3 is 0 Å². The minimum atomic E-state index is -0.396. The van der Waals surface area contributed by atoms with Gasteiger partial charge in [-0.2, -0.15) is 5.26 Å². The zero-order valence-corrected chi connectivity index (χ0v) is 16.2. The Morgan fingerprint density at radius 2 is 1.69 bits per heavy atom. The van der Waals surface area contributed by atoms with E-state index in [9.17, 15) is 10.1 Å². The molecular weight excluding hydrogens is 360 g/mol. The number of nitrogens with zero attached hydrogens (tertiary/aromatic N) is 1. The van der Waals surface area contributed by atoms with Gasteiger partial charge < -0.3 is 5.32 Å². The van der Waals surface area contributed by atoms with Crippen LogP contribution < -0.4 is 5.32 Å². The average Bonchev–Trinajstić information content (AvgIpc) is 2.94. The molecule has 3 aromatic rings. The third kappa shape index (κ3) is 3.98. The van der Waals surface area contributed by atoms with E-state index in [1.165, 1.54) is 23.1 Å². The van der Waals surface area contributed by atoms with Gasteiger partial charge in [-0.05, 0) is 37.1 Å². The minimum Gasteiger partial charge on any atom is -0.315 e. The van der Waals surface area contributed by atoms with Gasteiger partial charge in [-0.15, -0.1) is 23.1 Å². The maximum Gasteiger partial charge on any atom is 0.243 e. The summed E-state index contributed by atoms with van der Waals surface area (Å²) >= 11 is 2.95. The Morgan fingerprint density at radius 3 is 2.31 bits per heavy atom. The second-order valence-electron chi connectivity index (χ2n) is 5.81. The fourth-order valence-electron chi connectivity index (χ4n) is 2.56. The van der Waals surface area contributed by atoms with Gasteiger partial charge in [0, 0.05) is 9.77 Å². The number of anilines is 1. The number of carbonyl (C=O) groups is 1. The van der Waals surface area contributed by atoms with Crippen LogP contribution in [0, 0.1) is 25.2 Å². The minimum absolute atomic E-state index is 0.122. The van der Waals surface area contributed by atoms with Crippen molar-refractivity contribution in [3.05, 3.63) is 82.2 Å². The van der Waals surface area contributed by atoms with E-state index in [4.69, 9.17) is 0 Å². The molecular formula is C21H18N2OS2. The van der Waals surface area contributed by atoms with Crippen LogP contribution in [0.25, 0.3) is 0 Å². The van der Waals surface area contributed by atoms with Crippen LogP contribution in [-0.2, 0) is 4.79 Å². The Morgan fingerprint density at radius 1 is 1.08 bits per heavy atom. The summed E-state index contributed by atoms with van der Waals surface area (Å²) in [6, 6.07) is 21.8. The van der Waals surface area contributed by atoms with Crippen LogP contribution in [0.3, 0.4) is 0 Å². The van der Waals surface area contributed by atoms with E-state index in [1.54, 1.807) is 0 Å². The number of benzene rings is 2. The fraction of sp³-hybridized carbons (Fsp3) is 0.143. The van der Waals surface area contributed by atoms with Gasteiger partial charge in [-0.3, -0.25) is 4.79 Å². The molecule has 0 aliphatic carbocycles. The molecule has 0 saturated carbocycles. The lowest BCUT2D eigenvalue weighted by atomic mass is 10.1. The van der Waals surface area contributed by atoms with Crippen LogP contribution in [0.5, 0.6) is 0 Å². The predicted octanol–water partition coefficient (Wildman–Crippen LogP) is 5.71. The quantitative estimate of drug-likeness (QED) is 0.579. The molecule has 1 amide bonds. The first-order chi connectivity index (χ1) is 12.6. The predicted molar refractivity (Wildman–Crippen MR) is 109 cm³/mol. The van der Waals surface area contributed by atoms with E-state index in [-0.39, 0.29) is 5.91 Å². The van der Waals surface area contributed by atoms with Crippen molar-refractivity contribution in [2.45, 2.75) is 24.0 Å². The van der Waals surface area contributed by atoms with Crippen molar-refractivity contribution >= 4 is 34.0 Å². The maximum absolute atomic E-state index is 13.1. The molecule has 1 aromatic heterocycles.